The molecule has 124 valence electrons. The van der Waals surface area contributed by atoms with Gasteiger partial charge in [0.05, 0.1) is 39.8 Å². The SMILES string of the molecule is C[N+]1(CCO)CCN(C(=O)Nc2cc(Cl)cc(Cl)c2)CC1.[Br-]. The molecule has 2 N–H and O–H groups in total. The number of carbonyl (C=O) groups excluding carboxylic acids is 1. The van der Waals surface area contributed by atoms with Gasteiger partial charge in [-0.2, -0.15) is 0 Å². The third-order valence-electron chi connectivity index (χ3n) is 3.86. The molecule has 0 bridgehead atoms. The minimum absolute atomic E-state index is 0. The van der Waals surface area contributed by atoms with Gasteiger partial charge in [-0.3, -0.25) is 0 Å². The summed E-state index contributed by atoms with van der Waals surface area (Å²) in [5, 5.41) is 12.9. The van der Waals surface area contributed by atoms with Crippen LogP contribution in [-0.2, 0) is 0 Å². The van der Waals surface area contributed by atoms with Crippen LogP contribution >= 0.6 is 23.2 Å². The number of nitrogens with zero attached hydrogens (tertiary/aromatic N) is 2. The van der Waals surface area contributed by atoms with Crippen LogP contribution in [-0.4, -0.2) is 66.9 Å². The van der Waals surface area contributed by atoms with Gasteiger partial charge >= 0.3 is 6.03 Å². The normalized spacial score (nSPS) is 16.8. The van der Waals surface area contributed by atoms with E-state index in [0.717, 1.165) is 24.1 Å². The standard InChI is InChI=1S/C14H19Cl2N3O2.BrH/c1-19(6-7-20)4-2-18(3-5-19)14(21)17-13-9-11(15)8-12(16)10-13;/h8-10,20H,2-7H2,1H3;1H. The number of aliphatic hydroxyl groups is 1. The van der Waals surface area contributed by atoms with Crippen molar-refractivity contribution >= 4 is 34.9 Å². The molecule has 0 spiro atoms. The number of likely N-dealkylation sites (N-methyl/N-ethyl adjacent to an activating group) is 1. The molecule has 2 rings (SSSR count). The molecule has 1 aliphatic heterocycles. The Bertz CT molecular complexity index is 503. The molecule has 0 aliphatic carbocycles. The number of piperazine rings is 1. The number of carbonyl (C=O) groups is 1. The Hall–Kier alpha value is -0.530. The van der Waals surface area contributed by atoms with Crippen LogP contribution in [0.25, 0.3) is 0 Å². The van der Waals surface area contributed by atoms with Crippen molar-refractivity contribution in [2.24, 2.45) is 0 Å². The number of anilines is 1. The molecule has 8 heteroatoms. The van der Waals surface area contributed by atoms with Crippen molar-refractivity contribution < 1.29 is 31.4 Å². The third-order valence-corrected chi connectivity index (χ3v) is 4.30. The lowest BCUT2D eigenvalue weighted by Gasteiger charge is -2.41. The van der Waals surface area contributed by atoms with Crippen LogP contribution in [0, 0.1) is 0 Å². The van der Waals surface area contributed by atoms with Crippen molar-refractivity contribution in [3.63, 3.8) is 0 Å². The molecule has 0 saturated carbocycles. The number of halogens is 3. The number of nitrogens with one attached hydrogen (secondary N) is 1. The number of amides is 2. The van der Waals surface area contributed by atoms with Crippen molar-refractivity contribution in [1.82, 2.24) is 4.90 Å². The van der Waals surface area contributed by atoms with Gasteiger partial charge in [0, 0.05) is 15.7 Å². The maximum Gasteiger partial charge on any atom is 0.322 e. The number of rotatable bonds is 3. The lowest BCUT2D eigenvalue weighted by Crippen LogP contribution is -3.00. The molecule has 1 heterocycles. The summed E-state index contributed by atoms with van der Waals surface area (Å²) < 4.78 is 0.795. The van der Waals surface area contributed by atoms with E-state index in [0.29, 0.717) is 28.8 Å². The van der Waals surface area contributed by atoms with Gasteiger partial charge in [-0.15, -0.1) is 0 Å². The summed E-state index contributed by atoms with van der Waals surface area (Å²) >= 11 is 11.8. The van der Waals surface area contributed by atoms with Gasteiger partial charge in [0.15, 0.2) is 0 Å². The number of hydrogen-bond donors (Lipinski definition) is 2. The van der Waals surface area contributed by atoms with Crippen molar-refractivity contribution in [3.8, 4) is 0 Å². The third kappa shape index (κ3) is 5.28. The number of urea groups is 1. The van der Waals surface area contributed by atoms with Gasteiger partial charge in [0.2, 0.25) is 0 Å². The highest BCUT2D eigenvalue weighted by Gasteiger charge is 2.30. The molecule has 0 aromatic heterocycles. The Kier molecular flexibility index (Phi) is 7.41. The van der Waals surface area contributed by atoms with Crippen LogP contribution in [0.15, 0.2) is 18.2 Å². The van der Waals surface area contributed by atoms with E-state index < -0.39 is 0 Å². The van der Waals surface area contributed by atoms with Gasteiger partial charge in [-0.05, 0) is 18.2 Å². The fraction of sp³-hybridized carbons (Fsp3) is 0.500. The first-order valence-electron chi connectivity index (χ1n) is 6.88. The summed E-state index contributed by atoms with van der Waals surface area (Å²) in [6.45, 7) is 3.89. The second-order valence-corrected chi connectivity index (χ2v) is 6.46. The average Bonchev–Trinajstić information content (AvgIpc) is 2.38. The van der Waals surface area contributed by atoms with Gasteiger partial charge in [-0.25, -0.2) is 4.79 Å². The van der Waals surface area contributed by atoms with Crippen molar-refractivity contribution in [2.75, 3.05) is 51.7 Å². The predicted octanol–water partition coefficient (Wildman–Crippen LogP) is -0.716. The van der Waals surface area contributed by atoms with E-state index >= 15 is 0 Å². The van der Waals surface area contributed by atoms with Crippen molar-refractivity contribution in [2.45, 2.75) is 0 Å². The van der Waals surface area contributed by atoms with Crippen molar-refractivity contribution in [1.29, 1.82) is 0 Å². The van der Waals surface area contributed by atoms with Crippen molar-refractivity contribution in [3.05, 3.63) is 28.2 Å². The fourth-order valence-corrected chi connectivity index (χ4v) is 2.97. The van der Waals surface area contributed by atoms with Crippen LogP contribution in [0.4, 0.5) is 10.5 Å². The summed E-state index contributed by atoms with van der Waals surface area (Å²) in [5.41, 5.74) is 0.593. The van der Waals surface area contributed by atoms with Crippen LogP contribution in [0.2, 0.25) is 10.0 Å². The highest BCUT2D eigenvalue weighted by atomic mass is 79.9. The highest BCUT2D eigenvalue weighted by molar-refractivity contribution is 6.35. The van der Waals surface area contributed by atoms with Gasteiger partial charge in [0.1, 0.15) is 6.54 Å². The van der Waals surface area contributed by atoms with E-state index in [4.69, 9.17) is 28.3 Å². The summed E-state index contributed by atoms with van der Waals surface area (Å²) in [7, 11) is 2.10. The Morgan fingerprint density at radius 1 is 1.27 bits per heavy atom. The maximum atomic E-state index is 12.2. The zero-order valence-electron chi connectivity index (χ0n) is 12.4. The lowest BCUT2D eigenvalue weighted by atomic mass is 10.2. The van der Waals surface area contributed by atoms with Crippen LogP contribution in [0.3, 0.4) is 0 Å². The van der Waals surface area contributed by atoms with Crippen LogP contribution < -0.4 is 22.3 Å². The molecule has 0 atom stereocenters. The Morgan fingerprint density at radius 3 is 2.32 bits per heavy atom. The van der Waals surface area contributed by atoms with E-state index in [1.807, 2.05) is 0 Å². The number of aliphatic hydroxyl groups excluding tert-OH is 1. The van der Waals surface area contributed by atoms with E-state index in [-0.39, 0.29) is 29.6 Å². The van der Waals surface area contributed by atoms with E-state index in [9.17, 15) is 4.79 Å². The zero-order chi connectivity index (χ0) is 15.5. The molecular formula is C14H20BrCl2N3O2. The monoisotopic (exact) mass is 411 g/mol. The maximum absolute atomic E-state index is 12.2. The van der Waals surface area contributed by atoms with Gasteiger partial charge in [0.25, 0.3) is 0 Å². The van der Waals surface area contributed by atoms with Crippen LogP contribution in [0.5, 0.6) is 0 Å². The Balaban J connectivity index is 0.00000242. The first kappa shape index (κ1) is 19.5. The summed E-state index contributed by atoms with van der Waals surface area (Å²) in [6.07, 6.45) is 0. The second-order valence-electron chi connectivity index (χ2n) is 5.59. The second kappa shape index (κ2) is 8.36. The molecule has 1 aliphatic rings. The highest BCUT2D eigenvalue weighted by Crippen LogP contribution is 2.23. The molecule has 5 nitrogen and oxygen atoms in total. The Morgan fingerprint density at radius 2 is 1.82 bits per heavy atom. The topological polar surface area (TPSA) is 52.6 Å². The van der Waals surface area contributed by atoms with E-state index in [1.54, 1.807) is 23.1 Å². The van der Waals surface area contributed by atoms with Gasteiger partial charge in [-0.1, -0.05) is 23.2 Å². The van der Waals surface area contributed by atoms with E-state index in [1.165, 1.54) is 0 Å². The smallest absolute Gasteiger partial charge is 0.322 e. The molecule has 0 unspecified atom stereocenters. The Labute approximate surface area is 151 Å². The first-order chi connectivity index (χ1) is 9.92. The molecule has 2 amide bonds. The average molecular weight is 413 g/mol. The minimum Gasteiger partial charge on any atom is -1.00 e. The van der Waals surface area contributed by atoms with Crippen LogP contribution in [0.1, 0.15) is 0 Å². The molecule has 1 aromatic carbocycles. The lowest BCUT2D eigenvalue weighted by molar-refractivity contribution is -0.913. The zero-order valence-corrected chi connectivity index (χ0v) is 15.5. The minimum atomic E-state index is -0.149. The van der Waals surface area contributed by atoms with Gasteiger partial charge < -0.3 is 36.8 Å². The molecule has 0 radical (unpaired) electrons. The summed E-state index contributed by atoms with van der Waals surface area (Å²) in [6, 6.07) is 4.81. The number of quaternary nitrogens is 1. The fourth-order valence-electron chi connectivity index (χ4n) is 2.44. The number of hydrogen-bond acceptors (Lipinski definition) is 2. The largest absolute Gasteiger partial charge is 1.00 e. The summed E-state index contributed by atoms with van der Waals surface area (Å²) in [5.74, 6) is 0. The van der Waals surface area contributed by atoms with E-state index in [2.05, 4.69) is 12.4 Å². The molecule has 1 saturated heterocycles. The molecular weight excluding hydrogens is 393 g/mol. The predicted molar refractivity (Wildman–Crippen MR) is 84.9 cm³/mol. The molecule has 1 fully saturated rings. The quantitative estimate of drug-likeness (QED) is 0.644. The first-order valence-corrected chi connectivity index (χ1v) is 7.64. The molecule has 1 aromatic rings. The number of benzene rings is 1. The summed E-state index contributed by atoms with van der Waals surface area (Å²) in [4.78, 5) is 14.0. The molecule has 22 heavy (non-hydrogen) atoms.